The smallest absolute Gasteiger partial charge is 0.296 e. The van der Waals surface area contributed by atoms with Gasteiger partial charge in [0.1, 0.15) is 0 Å². The Labute approximate surface area is 132 Å². The van der Waals surface area contributed by atoms with Crippen molar-refractivity contribution in [3.8, 4) is 0 Å². The Morgan fingerprint density at radius 3 is 2.57 bits per heavy atom. The van der Waals surface area contributed by atoms with E-state index in [-0.39, 0.29) is 11.4 Å². The Morgan fingerprint density at radius 2 is 1.78 bits per heavy atom. The van der Waals surface area contributed by atoms with Gasteiger partial charge in [-0.25, -0.2) is 4.98 Å². The van der Waals surface area contributed by atoms with Gasteiger partial charge in [0.05, 0.1) is 11.5 Å². The molecule has 0 fully saturated rings. The van der Waals surface area contributed by atoms with Gasteiger partial charge < -0.3 is 4.57 Å². The third-order valence-electron chi connectivity index (χ3n) is 3.21. The van der Waals surface area contributed by atoms with Gasteiger partial charge in [0, 0.05) is 18.5 Å². The van der Waals surface area contributed by atoms with E-state index >= 15 is 0 Å². The summed E-state index contributed by atoms with van der Waals surface area (Å²) in [5, 5.41) is 19.0. The molecule has 0 bridgehead atoms. The largest absolute Gasteiger partial charge is 0.310 e. The summed E-state index contributed by atoms with van der Waals surface area (Å²) in [7, 11) is 0. The number of azo groups is 1. The zero-order valence-corrected chi connectivity index (χ0v) is 12.1. The third-order valence-corrected chi connectivity index (χ3v) is 3.21. The van der Waals surface area contributed by atoms with Gasteiger partial charge in [-0.15, -0.1) is 10.2 Å². The van der Waals surface area contributed by atoms with Crippen molar-refractivity contribution >= 4 is 17.3 Å². The molecule has 1 aromatic heterocycles. The molecule has 3 rings (SSSR count). The second-order valence-electron chi connectivity index (χ2n) is 4.79. The highest BCUT2D eigenvalue weighted by Crippen LogP contribution is 2.27. The molecule has 0 aliphatic heterocycles. The number of hydrogen-bond donors (Lipinski definition) is 0. The maximum absolute atomic E-state index is 11.0. The molecule has 1 heterocycles. The van der Waals surface area contributed by atoms with E-state index in [1.54, 1.807) is 30.6 Å². The fraction of sp³-hybridized carbons (Fsp3) is 0.0625. The quantitative estimate of drug-likeness (QED) is 0.401. The summed E-state index contributed by atoms with van der Waals surface area (Å²) in [5.74, 6) is 0.395. The number of nitro groups is 1. The summed E-state index contributed by atoms with van der Waals surface area (Å²) >= 11 is 0. The lowest BCUT2D eigenvalue weighted by molar-refractivity contribution is -0.384. The Kier molecular flexibility index (Phi) is 4.19. The zero-order chi connectivity index (χ0) is 16.1. The average molecular weight is 307 g/mol. The van der Waals surface area contributed by atoms with Gasteiger partial charge in [0.15, 0.2) is 5.69 Å². The summed E-state index contributed by atoms with van der Waals surface area (Å²) in [6.45, 7) is 0.603. The van der Waals surface area contributed by atoms with E-state index in [9.17, 15) is 10.1 Å². The standard InChI is InChI=1S/C16H13N5O2/c22-21(23)15-9-5-4-8-14(15)18-19-16-17-10-11-20(16)12-13-6-2-1-3-7-13/h1-11H,12H2. The van der Waals surface area contributed by atoms with E-state index in [1.165, 1.54) is 6.07 Å². The first-order chi connectivity index (χ1) is 11.2. The van der Waals surface area contributed by atoms with Gasteiger partial charge >= 0.3 is 0 Å². The molecule has 2 aromatic carbocycles. The SMILES string of the molecule is O=[N+]([O-])c1ccccc1N=Nc1nccn1Cc1ccccc1. The van der Waals surface area contributed by atoms with Crippen LogP contribution in [0.1, 0.15) is 5.56 Å². The Hall–Kier alpha value is -3.35. The zero-order valence-electron chi connectivity index (χ0n) is 12.1. The van der Waals surface area contributed by atoms with Crippen molar-refractivity contribution < 1.29 is 4.92 Å². The molecule has 23 heavy (non-hydrogen) atoms. The van der Waals surface area contributed by atoms with Crippen LogP contribution in [0.25, 0.3) is 0 Å². The van der Waals surface area contributed by atoms with Crippen LogP contribution in [0.4, 0.5) is 17.3 Å². The molecule has 0 atom stereocenters. The number of hydrogen-bond acceptors (Lipinski definition) is 5. The lowest BCUT2D eigenvalue weighted by Crippen LogP contribution is -1.97. The van der Waals surface area contributed by atoms with Gasteiger partial charge in [-0.1, -0.05) is 42.5 Å². The molecule has 0 aliphatic carbocycles. The van der Waals surface area contributed by atoms with Crippen LogP contribution in [0.5, 0.6) is 0 Å². The molecule has 7 nitrogen and oxygen atoms in total. The fourth-order valence-corrected chi connectivity index (χ4v) is 2.11. The Balaban J connectivity index is 1.85. The molecule has 0 saturated heterocycles. The van der Waals surface area contributed by atoms with Crippen LogP contribution in [0.3, 0.4) is 0 Å². The molecule has 0 N–H and O–H groups in total. The number of nitrogens with zero attached hydrogens (tertiary/aromatic N) is 5. The number of nitro benzene ring substituents is 1. The van der Waals surface area contributed by atoms with Gasteiger partial charge in [-0.05, 0) is 11.6 Å². The summed E-state index contributed by atoms with van der Waals surface area (Å²) in [5.41, 5.74) is 1.22. The van der Waals surface area contributed by atoms with Gasteiger partial charge in [0.25, 0.3) is 5.69 Å². The van der Waals surface area contributed by atoms with Gasteiger partial charge in [0.2, 0.25) is 5.95 Å². The van der Waals surface area contributed by atoms with E-state index in [2.05, 4.69) is 15.2 Å². The summed E-state index contributed by atoms with van der Waals surface area (Å²) in [6, 6.07) is 16.1. The van der Waals surface area contributed by atoms with Crippen molar-refractivity contribution in [2.45, 2.75) is 6.54 Å². The van der Waals surface area contributed by atoms with Gasteiger partial charge in [-0.3, -0.25) is 10.1 Å². The molecular formula is C16H13N5O2. The van der Waals surface area contributed by atoms with Crippen LogP contribution in [0.15, 0.2) is 77.2 Å². The van der Waals surface area contributed by atoms with E-state index < -0.39 is 4.92 Å². The third kappa shape index (κ3) is 3.46. The number of benzene rings is 2. The fourth-order valence-electron chi connectivity index (χ4n) is 2.11. The van der Waals surface area contributed by atoms with Crippen molar-refractivity contribution in [3.05, 3.63) is 82.7 Å². The molecule has 0 saturated carbocycles. The highest BCUT2D eigenvalue weighted by Gasteiger charge is 2.12. The topological polar surface area (TPSA) is 85.7 Å². The van der Waals surface area contributed by atoms with Crippen LogP contribution >= 0.6 is 0 Å². The minimum atomic E-state index is -0.481. The van der Waals surface area contributed by atoms with Gasteiger partial charge in [-0.2, -0.15) is 0 Å². The number of aromatic nitrogens is 2. The monoisotopic (exact) mass is 307 g/mol. The summed E-state index contributed by atoms with van der Waals surface area (Å²) < 4.78 is 1.83. The van der Waals surface area contributed by atoms with E-state index in [0.29, 0.717) is 12.5 Å². The lowest BCUT2D eigenvalue weighted by atomic mass is 10.2. The molecule has 0 aliphatic rings. The molecule has 7 heteroatoms. The molecule has 114 valence electrons. The predicted octanol–water partition coefficient (Wildman–Crippen LogP) is 4.26. The molecular weight excluding hydrogens is 294 g/mol. The molecule has 3 aromatic rings. The molecule has 0 radical (unpaired) electrons. The maximum atomic E-state index is 11.0. The maximum Gasteiger partial charge on any atom is 0.296 e. The predicted molar refractivity (Wildman–Crippen MR) is 85.0 cm³/mol. The minimum absolute atomic E-state index is 0.0857. The van der Waals surface area contributed by atoms with E-state index in [0.717, 1.165) is 5.56 Å². The Bertz CT molecular complexity index is 842. The number of imidazole rings is 1. The average Bonchev–Trinajstić information content (AvgIpc) is 3.01. The molecule has 0 unspecified atom stereocenters. The first-order valence-corrected chi connectivity index (χ1v) is 6.94. The number of para-hydroxylation sites is 1. The normalized spacial score (nSPS) is 11.0. The van der Waals surface area contributed by atoms with Crippen molar-refractivity contribution in [1.29, 1.82) is 0 Å². The van der Waals surface area contributed by atoms with Crippen LogP contribution in [-0.4, -0.2) is 14.5 Å². The highest BCUT2D eigenvalue weighted by atomic mass is 16.6. The summed E-state index contributed by atoms with van der Waals surface area (Å²) in [4.78, 5) is 14.6. The van der Waals surface area contributed by atoms with Crippen LogP contribution < -0.4 is 0 Å². The second-order valence-corrected chi connectivity index (χ2v) is 4.79. The first-order valence-electron chi connectivity index (χ1n) is 6.94. The van der Waals surface area contributed by atoms with Crippen molar-refractivity contribution in [2.24, 2.45) is 10.2 Å². The molecule has 0 amide bonds. The Morgan fingerprint density at radius 1 is 1.04 bits per heavy atom. The lowest BCUT2D eigenvalue weighted by Gasteiger charge is -2.03. The first kappa shape index (κ1) is 14.6. The summed E-state index contributed by atoms with van der Waals surface area (Å²) in [6.07, 6.45) is 3.41. The van der Waals surface area contributed by atoms with Crippen molar-refractivity contribution in [3.63, 3.8) is 0 Å². The van der Waals surface area contributed by atoms with Crippen molar-refractivity contribution in [2.75, 3.05) is 0 Å². The number of rotatable bonds is 5. The second kappa shape index (κ2) is 6.61. The molecule has 0 spiro atoms. The van der Waals surface area contributed by atoms with E-state index in [1.807, 2.05) is 34.9 Å². The van der Waals surface area contributed by atoms with Crippen molar-refractivity contribution in [1.82, 2.24) is 9.55 Å². The minimum Gasteiger partial charge on any atom is -0.310 e. The highest BCUT2D eigenvalue weighted by molar-refractivity contribution is 5.56. The van der Waals surface area contributed by atoms with Crippen LogP contribution in [-0.2, 0) is 6.54 Å². The van der Waals surface area contributed by atoms with Crippen LogP contribution in [0, 0.1) is 10.1 Å². The van der Waals surface area contributed by atoms with Crippen LogP contribution in [0.2, 0.25) is 0 Å². The van der Waals surface area contributed by atoms with E-state index in [4.69, 9.17) is 0 Å².